The van der Waals surface area contributed by atoms with Gasteiger partial charge in [-0.1, -0.05) is 15.9 Å². The number of hydrogen-bond acceptors (Lipinski definition) is 2. The summed E-state index contributed by atoms with van der Waals surface area (Å²) in [5, 5.41) is 0. The summed E-state index contributed by atoms with van der Waals surface area (Å²) in [4.78, 5) is 28.8. The second-order valence-electron chi connectivity index (χ2n) is 5.86. The largest absolute Gasteiger partial charge is 0.329 e. The van der Waals surface area contributed by atoms with E-state index in [4.69, 9.17) is 0 Å². The SMILES string of the molecule is Cc1cc(N2C(=O)C3CCCCN3C(=O)C2C)ccc1Br. The molecule has 2 atom stereocenters. The van der Waals surface area contributed by atoms with E-state index in [-0.39, 0.29) is 17.9 Å². The van der Waals surface area contributed by atoms with Crippen LogP contribution in [0.15, 0.2) is 22.7 Å². The Hall–Kier alpha value is -1.36. The zero-order valence-corrected chi connectivity index (χ0v) is 13.9. The minimum atomic E-state index is -0.424. The number of piperazine rings is 1. The van der Waals surface area contributed by atoms with Crippen LogP contribution in [-0.4, -0.2) is 35.3 Å². The fourth-order valence-electron chi connectivity index (χ4n) is 3.28. The quantitative estimate of drug-likeness (QED) is 0.781. The lowest BCUT2D eigenvalue weighted by molar-refractivity contribution is -0.147. The molecule has 0 bridgehead atoms. The first-order valence-corrected chi connectivity index (χ1v) is 8.19. The third kappa shape index (κ3) is 2.37. The van der Waals surface area contributed by atoms with Crippen LogP contribution >= 0.6 is 15.9 Å². The van der Waals surface area contributed by atoms with Gasteiger partial charge in [-0.2, -0.15) is 0 Å². The molecule has 21 heavy (non-hydrogen) atoms. The Morgan fingerprint density at radius 1 is 1.19 bits per heavy atom. The third-order valence-corrected chi connectivity index (χ3v) is 5.36. The lowest BCUT2D eigenvalue weighted by Crippen LogP contribution is -2.65. The minimum absolute atomic E-state index is 0.0588. The highest BCUT2D eigenvalue weighted by Gasteiger charge is 2.45. The van der Waals surface area contributed by atoms with Gasteiger partial charge in [0.05, 0.1) is 0 Å². The molecule has 112 valence electrons. The Balaban J connectivity index is 1.99. The van der Waals surface area contributed by atoms with Crippen LogP contribution in [0.3, 0.4) is 0 Å². The average molecular weight is 351 g/mol. The van der Waals surface area contributed by atoms with Crippen molar-refractivity contribution in [2.45, 2.75) is 45.2 Å². The van der Waals surface area contributed by atoms with Crippen molar-refractivity contribution in [2.24, 2.45) is 0 Å². The molecule has 0 aromatic heterocycles. The number of amides is 2. The molecule has 0 N–H and O–H groups in total. The number of aryl methyl sites for hydroxylation is 1. The van der Waals surface area contributed by atoms with Crippen molar-refractivity contribution in [3.8, 4) is 0 Å². The van der Waals surface area contributed by atoms with Gasteiger partial charge in [-0.25, -0.2) is 0 Å². The number of piperidine rings is 1. The number of nitrogens with zero attached hydrogens (tertiary/aromatic N) is 2. The van der Waals surface area contributed by atoms with Gasteiger partial charge in [-0.15, -0.1) is 0 Å². The van der Waals surface area contributed by atoms with Crippen LogP contribution in [0.1, 0.15) is 31.7 Å². The molecule has 1 aromatic rings. The number of benzene rings is 1. The molecule has 0 saturated carbocycles. The Labute approximate surface area is 133 Å². The number of anilines is 1. The lowest BCUT2D eigenvalue weighted by Gasteiger charge is -2.46. The van der Waals surface area contributed by atoms with Crippen LogP contribution in [-0.2, 0) is 9.59 Å². The highest BCUT2D eigenvalue weighted by atomic mass is 79.9. The number of halogens is 1. The molecule has 5 heteroatoms. The van der Waals surface area contributed by atoms with Crippen LogP contribution in [0, 0.1) is 6.92 Å². The van der Waals surface area contributed by atoms with Crippen LogP contribution in [0.5, 0.6) is 0 Å². The van der Waals surface area contributed by atoms with Crippen molar-refractivity contribution in [3.05, 3.63) is 28.2 Å². The summed E-state index contributed by atoms with van der Waals surface area (Å²) in [5.41, 5.74) is 1.87. The van der Waals surface area contributed by atoms with Crippen molar-refractivity contribution in [3.63, 3.8) is 0 Å². The summed E-state index contributed by atoms with van der Waals surface area (Å²) in [5.74, 6) is 0.128. The van der Waals surface area contributed by atoms with E-state index in [0.717, 1.165) is 35.0 Å². The monoisotopic (exact) mass is 350 g/mol. The number of rotatable bonds is 1. The van der Waals surface area contributed by atoms with E-state index in [1.165, 1.54) is 0 Å². The molecule has 2 amide bonds. The summed E-state index contributed by atoms with van der Waals surface area (Å²) in [6, 6.07) is 5.10. The van der Waals surface area contributed by atoms with E-state index < -0.39 is 6.04 Å². The molecule has 0 aliphatic carbocycles. The van der Waals surface area contributed by atoms with Gasteiger partial charge in [-0.3, -0.25) is 14.5 Å². The zero-order chi connectivity index (χ0) is 15.1. The highest BCUT2D eigenvalue weighted by molar-refractivity contribution is 9.10. The predicted molar refractivity (Wildman–Crippen MR) is 85.2 cm³/mol. The zero-order valence-electron chi connectivity index (χ0n) is 12.3. The predicted octanol–water partition coefficient (Wildman–Crippen LogP) is 2.87. The molecular formula is C16H19BrN2O2. The number of fused-ring (bicyclic) bond motifs is 1. The molecule has 2 aliphatic heterocycles. The van der Waals surface area contributed by atoms with Gasteiger partial charge < -0.3 is 4.90 Å². The summed E-state index contributed by atoms with van der Waals surface area (Å²) >= 11 is 3.47. The van der Waals surface area contributed by atoms with E-state index >= 15 is 0 Å². The van der Waals surface area contributed by atoms with Crippen LogP contribution in [0.4, 0.5) is 5.69 Å². The van der Waals surface area contributed by atoms with E-state index in [2.05, 4.69) is 15.9 Å². The van der Waals surface area contributed by atoms with Crippen molar-refractivity contribution in [1.82, 2.24) is 4.90 Å². The molecule has 3 rings (SSSR count). The number of hydrogen-bond donors (Lipinski definition) is 0. The maximum absolute atomic E-state index is 12.8. The molecule has 2 unspecified atom stereocenters. The standard InChI is InChI=1S/C16H19BrN2O2/c1-10-9-12(6-7-13(10)17)19-11(2)15(20)18-8-4-3-5-14(18)16(19)21/h6-7,9,11,14H,3-5,8H2,1-2H3. The number of carbonyl (C=O) groups excluding carboxylic acids is 2. The van der Waals surface area contributed by atoms with Crippen molar-refractivity contribution >= 4 is 33.4 Å². The molecule has 2 aliphatic rings. The number of carbonyl (C=O) groups is 2. The summed E-state index contributed by atoms with van der Waals surface area (Å²) in [7, 11) is 0. The molecule has 2 saturated heterocycles. The molecule has 0 spiro atoms. The Morgan fingerprint density at radius 2 is 1.95 bits per heavy atom. The molecule has 0 radical (unpaired) electrons. The van der Waals surface area contributed by atoms with Gasteiger partial charge in [0.1, 0.15) is 12.1 Å². The fourth-order valence-corrected chi connectivity index (χ4v) is 3.53. The molecule has 4 nitrogen and oxygen atoms in total. The second kappa shape index (κ2) is 5.44. The minimum Gasteiger partial charge on any atom is -0.329 e. The molecule has 2 heterocycles. The van der Waals surface area contributed by atoms with Crippen molar-refractivity contribution in [1.29, 1.82) is 0 Å². The highest BCUT2D eigenvalue weighted by Crippen LogP contribution is 2.31. The Kier molecular flexibility index (Phi) is 3.78. The third-order valence-electron chi connectivity index (χ3n) is 4.47. The Morgan fingerprint density at radius 3 is 2.67 bits per heavy atom. The van der Waals surface area contributed by atoms with Gasteiger partial charge in [0.15, 0.2) is 0 Å². The van der Waals surface area contributed by atoms with E-state index in [9.17, 15) is 9.59 Å². The molecular weight excluding hydrogens is 332 g/mol. The van der Waals surface area contributed by atoms with Gasteiger partial charge in [0.25, 0.3) is 5.91 Å². The first kappa shape index (κ1) is 14.6. The van der Waals surface area contributed by atoms with E-state index in [1.54, 1.807) is 9.80 Å². The van der Waals surface area contributed by atoms with Gasteiger partial charge in [-0.05, 0) is 56.9 Å². The first-order valence-electron chi connectivity index (χ1n) is 7.40. The maximum atomic E-state index is 12.8. The van der Waals surface area contributed by atoms with Gasteiger partial charge in [0.2, 0.25) is 5.91 Å². The second-order valence-corrected chi connectivity index (χ2v) is 6.72. The molecule has 2 fully saturated rings. The van der Waals surface area contributed by atoms with E-state index in [1.807, 2.05) is 32.0 Å². The summed E-state index contributed by atoms with van der Waals surface area (Å²) in [6.45, 7) is 4.52. The average Bonchev–Trinajstić information content (AvgIpc) is 2.49. The fraction of sp³-hybridized carbons (Fsp3) is 0.500. The van der Waals surface area contributed by atoms with Crippen molar-refractivity contribution < 1.29 is 9.59 Å². The van der Waals surface area contributed by atoms with Crippen LogP contribution < -0.4 is 4.90 Å². The first-order chi connectivity index (χ1) is 10.0. The summed E-state index contributed by atoms with van der Waals surface area (Å²) in [6.07, 6.45) is 2.80. The lowest BCUT2D eigenvalue weighted by atomic mass is 9.95. The van der Waals surface area contributed by atoms with Gasteiger partial charge >= 0.3 is 0 Å². The smallest absolute Gasteiger partial charge is 0.250 e. The van der Waals surface area contributed by atoms with Crippen molar-refractivity contribution in [2.75, 3.05) is 11.4 Å². The topological polar surface area (TPSA) is 40.6 Å². The normalized spacial score (nSPS) is 26.0. The Bertz CT molecular complexity index is 602. The van der Waals surface area contributed by atoms with Gasteiger partial charge in [0, 0.05) is 16.7 Å². The van der Waals surface area contributed by atoms with Crippen LogP contribution in [0.25, 0.3) is 0 Å². The van der Waals surface area contributed by atoms with Crippen LogP contribution in [0.2, 0.25) is 0 Å². The van der Waals surface area contributed by atoms with E-state index in [0.29, 0.717) is 6.54 Å². The summed E-state index contributed by atoms with van der Waals surface area (Å²) < 4.78 is 1.01. The maximum Gasteiger partial charge on any atom is 0.250 e. The molecule has 1 aromatic carbocycles.